The Labute approximate surface area is 123 Å². The second-order valence-electron chi connectivity index (χ2n) is 4.92. The Morgan fingerprint density at radius 2 is 2.10 bits per heavy atom. The molecule has 0 aliphatic heterocycles. The van der Waals surface area contributed by atoms with Crippen LogP contribution in [0, 0.1) is 5.92 Å². The Balaban J connectivity index is 1.82. The summed E-state index contributed by atoms with van der Waals surface area (Å²) in [4.78, 5) is 19.9. The maximum atomic E-state index is 11.6. The lowest BCUT2D eigenvalue weighted by Crippen LogP contribution is -2.37. The van der Waals surface area contributed by atoms with Gasteiger partial charge in [0.2, 0.25) is 0 Å². The number of aromatic nitrogens is 4. The first-order valence-corrected chi connectivity index (χ1v) is 7.02. The number of aromatic amines is 1. The van der Waals surface area contributed by atoms with Crippen molar-refractivity contribution >= 4 is 6.03 Å². The second-order valence-corrected chi connectivity index (χ2v) is 4.92. The van der Waals surface area contributed by atoms with Gasteiger partial charge in [0, 0.05) is 24.5 Å². The quantitative estimate of drug-likeness (QED) is 0.754. The van der Waals surface area contributed by atoms with Crippen molar-refractivity contribution < 1.29 is 4.79 Å². The van der Waals surface area contributed by atoms with E-state index >= 15 is 0 Å². The molecule has 1 unspecified atom stereocenters. The van der Waals surface area contributed by atoms with E-state index in [-0.39, 0.29) is 6.03 Å². The fourth-order valence-corrected chi connectivity index (χ4v) is 1.64. The van der Waals surface area contributed by atoms with E-state index in [1.54, 1.807) is 12.4 Å². The van der Waals surface area contributed by atoms with Crippen LogP contribution in [0.5, 0.6) is 0 Å². The highest BCUT2D eigenvalue weighted by atomic mass is 16.2. The molecule has 0 aliphatic carbocycles. The summed E-state index contributed by atoms with van der Waals surface area (Å²) in [5.41, 5.74) is 0.883. The predicted octanol–water partition coefficient (Wildman–Crippen LogP) is 1.71. The molecule has 21 heavy (non-hydrogen) atoms. The summed E-state index contributed by atoms with van der Waals surface area (Å²) in [5, 5.41) is 12.5. The van der Waals surface area contributed by atoms with Crippen molar-refractivity contribution in [3.63, 3.8) is 0 Å². The van der Waals surface area contributed by atoms with Crippen LogP contribution in [0.15, 0.2) is 24.5 Å². The van der Waals surface area contributed by atoms with Crippen LogP contribution in [0.3, 0.4) is 0 Å². The minimum absolute atomic E-state index is 0.197. The molecule has 0 fully saturated rings. The van der Waals surface area contributed by atoms with Crippen LogP contribution in [-0.4, -0.2) is 32.7 Å². The molecule has 0 saturated heterocycles. The van der Waals surface area contributed by atoms with E-state index in [9.17, 15) is 4.79 Å². The molecule has 7 nitrogen and oxygen atoms in total. The summed E-state index contributed by atoms with van der Waals surface area (Å²) < 4.78 is 0. The molecule has 2 heterocycles. The van der Waals surface area contributed by atoms with Crippen molar-refractivity contribution in [3.8, 4) is 11.4 Å². The number of urea groups is 1. The highest BCUT2D eigenvalue weighted by Crippen LogP contribution is 2.12. The topological polar surface area (TPSA) is 95.6 Å². The van der Waals surface area contributed by atoms with Crippen molar-refractivity contribution in [3.05, 3.63) is 30.4 Å². The van der Waals surface area contributed by atoms with E-state index < -0.39 is 0 Å². The van der Waals surface area contributed by atoms with E-state index in [0.29, 0.717) is 30.7 Å². The first-order chi connectivity index (χ1) is 10.2. The SMILES string of the molecule is CCC(C)CNC(=O)NCc1nc(-c2ccncc2)n[nH]1. The van der Waals surface area contributed by atoms with Gasteiger partial charge in [0.25, 0.3) is 0 Å². The summed E-state index contributed by atoms with van der Waals surface area (Å²) >= 11 is 0. The monoisotopic (exact) mass is 288 g/mol. The minimum atomic E-state index is -0.197. The first kappa shape index (κ1) is 15.0. The van der Waals surface area contributed by atoms with E-state index in [4.69, 9.17) is 0 Å². The van der Waals surface area contributed by atoms with E-state index in [0.717, 1.165) is 12.0 Å². The Bertz CT molecular complexity index is 568. The standard InChI is InChI=1S/C14H20N6O/c1-3-10(2)8-16-14(21)17-9-12-18-13(20-19-12)11-4-6-15-7-5-11/h4-7,10H,3,8-9H2,1-2H3,(H2,16,17,21)(H,18,19,20). The van der Waals surface area contributed by atoms with Crippen molar-refractivity contribution in [2.75, 3.05) is 6.54 Å². The Kier molecular flexibility index (Phi) is 5.25. The van der Waals surface area contributed by atoms with Gasteiger partial charge in [-0.2, -0.15) is 5.10 Å². The molecule has 2 aromatic heterocycles. The third-order valence-corrected chi connectivity index (χ3v) is 3.19. The molecule has 2 amide bonds. The minimum Gasteiger partial charge on any atom is -0.338 e. The molecule has 0 radical (unpaired) electrons. The fraction of sp³-hybridized carbons (Fsp3) is 0.429. The zero-order valence-corrected chi connectivity index (χ0v) is 12.3. The molecule has 0 aromatic carbocycles. The van der Waals surface area contributed by atoms with Gasteiger partial charge in [-0.3, -0.25) is 10.1 Å². The molecule has 7 heteroatoms. The van der Waals surface area contributed by atoms with Gasteiger partial charge >= 0.3 is 6.03 Å². The highest BCUT2D eigenvalue weighted by Gasteiger charge is 2.07. The number of H-pyrrole nitrogens is 1. The van der Waals surface area contributed by atoms with Crippen LogP contribution < -0.4 is 10.6 Å². The van der Waals surface area contributed by atoms with Gasteiger partial charge in [-0.1, -0.05) is 20.3 Å². The number of hydrogen-bond acceptors (Lipinski definition) is 4. The molecule has 2 rings (SSSR count). The van der Waals surface area contributed by atoms with Gasteiger partial charge in [-0.05, 0) is 18.1 Å². The van der Waals surface area contributed by atoms with Crippen LogP contribution in [-0.2, 0) is 6.54 Å². The number of carbonyl (C=O) groups excluding carboxylic acids is 1. The summed E-state index contributed by atoms with van der Waals surface area (Å²) in [7, 11) is 0. The zero-order valence-electron chi connectivity index (χ0n) is 12.3. The number of nitrogens with zero attached hydrogens (tertiary/aromatic N) is 3. The largest absolute Gasteiger partial charge is 0.338 e. The molecule has 1 atom stereocenters. The average Bonchev–Trinajstić information content (AvgIpc) is 3.00. The third kappa shape index (κ3) is 4.55. The molecule has 0 spiro atoms. The Hall–Kier alpha value is -2.44. The molecule has 0 aliphatic rings. The number of rotatable bonds is 6. The van der Waals surface area contributed by atoms with Gasteiger partial charge in [0.15, 0.2) is 5.82 Å². The molecule has 3 N–H and O–H groups in total. The fourth-order valence-electron chi connectivity index (χ4n) is 1.64. The van der Waals surface area contributed by atoms with Crippen molar-refractivity contribution in [2.45, 2.75) is 26.8 Å². The maximum Gasteiger partial charge on any atom is 0.315 e. The summed E-state index contributed by atoms with van der Waals surface area (Å²) in [6.07, 6.45) is 4.41. The summed E-state index contributed by atoms with van der Waals surface area (Å²) in [6.45, 7) is 5.17. The lowest BCUT2D eigenvalue weighted by Gasteiger charge is -2.10. The smallest absolute Gasteiger partial charge is 0.315 e. The predicted molar refractivity (Wildman–Crippen MR) is 79.3 cm³/mol. The Morgan fingerprint density at radius 3 is 2.81 bits per heavy atom. The van der Waals surface area contributed by atoms with E-state index in [1.165, 1.54) is 0 Å². The lowest BCUT2D eigenvalue weighted by molar-refractivity contribution is 0.238. The first-order valence-electron chi connectivity index (χ1n) is 7.02. The Morgan fingerprint density at radius 1 is 1.33 bits per heavy atom. The van der Waals surface area contributed by atoms with Crippen molar-refractivity contribution in [1.82, 2.24) is 30.8 Å². The molecule has 0 saturated carbocycles. The van der Waals surface area contributed by atoms with E-state index in [2.05, 4.69) is 44.6 Å². The summed E-state index contributed by atoms with van der Waals surface area (Å²) in [5.74, 6) is 1.68. The van der Waals surface area contributed by atoms with Gasteiger partial charge in [-0.15, -0.1) is 0 Å². The van der Waals surface area contributed by atoms with Crippen LogP contribution >= 0.6 is 0 Å². The van der Waals surface area contributed by atoms with Crippen LogP contribution in [0.2, 0.25) is 0 Å². The third-order valence-electron chi connectivity index (χ3n) is 3.19. The number of amides is 2. The zero-order chi connectivity index (χ0) is 15.1. The molecule has 112 valence electrons. The summed E-state index contributed by atoms with van der Waals surface area (Å²) in [6, 6.07) is 3.47. The van der Waals surface area contributed by atoms with E-state index in [1.807, 2.05) is 12.1 Å². The van der Waals surface area contributed by atoms with Crippen LogP contribution in [0.25, 0.3) is 11.4 Å². The van der Waals surface area contributed by atoms with Crippen molar-refractivity contribution in [2.24, 2.45) is 5.92 Å². The molecular weight excluding hydrogens is 268 g/mol. The maximum absolute atomic E-state index is 11.6. The van der Waals surface area contributed by atoms with Crippen LogP contribution in [0.4, 0.5) is 4.79 Å². The van der Waals surface area contributed by atoms with Gasteiger partial charge in [-0.25, -0.2) is 9.78 Å². The number of carbonyl (C=O) groups is 1. The van der Waals surface area contributed by atoms with Crippen LogP contribution in [0.1, 0.15) is 26.1 Å². The number of pyridine rings is 1. The second kappa shape index (κ2) is 7.37. The van der Waals surface area contributed by atoms with Gasteiger partial charge < -0.3 is 10.6 Å². The molecule has 2 aromatic rings. The highest BCUT2D eigenvalue weighted by molar-refractivity contribution is 5.73. The van der Waals surface area contributed by atoms with Gasteiger partial charge in [0.05, 0.1) is 6.54 Å². The van der Waals surface area contributed by atoms with Gasteiger partial charge in [0.1, 0.15) is 5.82 Å². The molecular formula is C14H20N6O. The number of hydrogen-bond donors (Lipinski definition) is 3. The number of nitrogens with one attached hydrogen (secondary N) is 3. The lowest BCUT2D eigenvalue weighted by atomic mass is 10.1. The normalized spacial score (nSPS) is 11.9. The van der Waals surface area contributed by atoms with Crippen molar-refractivity contribution in [1.29, 1.82) is 0 Å². The molecule has 0 bridgehead atoms. The average molecular weight is 288 g/mol.